The highest BCUT2D eigenvalue weighted by Crippen LogP contribution is 2.14. The van der Waals surface area contributed by atoms with E-state index in [1.807, 2.05) is 0 Å². The maximum atomic E-state index is 9.60. The Balaban J connectivity index is 2.28. The lowest BCUT2D eigenvalue weighted by atomic mass is 10.4. The molecule has 0 amide bonds. The highest BCUT2D eigenvalue weighted by atomic mass is 16.5. The maximum Gasteiger partial charge on any atom is 0.165 e. The Morgan fingerprint density at radius 1 is 1.50 bits per heavy atom. The number of aliphatic hydroxyl groups is 1. The number of methoxy groups -OCH3 is 1. The first kappa shape index (κ1) is 10.8. The molecule has 3 N–H and O–H groups in total. The number of rotatable bonds is 4. The fourth-order valence-corrected chi connectivity index (χ4v) is 1.50. The van der Waals surface area contributed by atoms with Gasteiger partial charge in [-0.2, -0.15) is 0 Å². The van der Waals surface area contributed by atoms with Gasteiger partial charge < -0.3 is 20.1 Å². The Kier molecular flexibility index (Phi) is 2.97. The molecule has 0 aromatic carbocycles. The minimum atomic E-state index is -0.599. The third-order valence-electron chi connectivity index (χ3n) is 2.20. The maximum absolute atomic E-state index is 9.60. The summed E-state index contributed by atoms with van der Waals surface area (Å²) in [6.07, 6.45) is 2.35. The van der Waals surface area contributed by atoms with Crippen molar-refractivity contribution in [2.24, 2.45) is 0 Å². The highest BCUT2D eigenvalue weighted by molar-refractivity contribution is 5.81. The fourth-order valence-electron chi connectivity index (χ4n) is 1.50. The predicted octanol–water partition coefficient (Wildman–Crippen LogP) is -0.584. The van der Waals surface area contributed by atoms with E-state index in [0.717, 1.165) is 0 Å². The molecular weight excluding hydrogens is 210 g/mol. The van der Waals surface area contributed by atoms with Crippen molar-refractivity contribution in [1.82, 2.24) is 19.5 Å². The summed E-state index contributed by atoms with van der Waals surface area (Å²) in [7, 11) is 1.54. The van der Waals surface area contributed by atoms with Crippen LogP contribution in [0.3, 0.4) is 0 Å². The Morgan fingerprint density at radius 2 is 2.31 bits per heavy atom. The topological polar surface area (TPSA) is 99.1 Å². The molecule has 7 nitrogen and oxygen atoms in total. The van der Waals surface area contributed by atoms with E-state index >= 15 is 0 Å². The quantitative estimate of drug-likeness (QED) is 0.719. The van der Waals surface area contributed by atoms with E-state index in [0.29, 0.717) is 23.5 Å². The summed E-state index contributed by atoms with van der Waals surface area (Å²) in [5.74, 6) is 0.338. The van der Waals surface area contributed by atoms with Crippen LogP contribution in [0.15, 0.2) is 12.7 Å². The molecule has 0 unspecified atom stereocenters. The number of nitrogens with two attached hydrogens (primary N) is 1. The van der Waals surface area contributed by atoms with Crippen molar-refractivity contribution in [1.29, 1.82) is 0 Å². The van der Waals surface area contributed by atoms with Crippen LogP contribution in [0.1, 0.15) is 0 Å². The molecule has 0 aliphatic carbocycles. The second-order valence-corrected chi connectivity index (χ2v) is 3.44. The fraction of sp³-hybridized carbons (Fsp3) is 0.444. The van der Waals surface area contributed by atoms with Crippen molar-refractivity contribution < 1.29 is 9.84 Å². The van der Waals surface area contributed by atoms with Gasteiger partial charge >= 0.3 is 0 Å². The largest absolute Gasteiger partial charge is 0.389 e. The Hall–Kier alpha value is -1.73. The van der Waals surface area contributed by atoms with Gasteiger partial charge in [-0.1, -0.05) is 0 Å². The van der Waals surface area contributed by atoms with Crippen LogP contribution < -0.4 is 5.73 Å². The van der Waals surface area contributed by atoms with Crippen molar-refractivity contribution in [2.75, 3.05) is 19.5 Å². The molecule has 2 heterocycles. The number of aliphatic hydroxyl groups excluding tert-OH is 1. The second-order valence-electron chi connectivity index (χ2n) is 3.44. The number of nitrogen functional groups attached to an aromatic ring is 1. The zero-order valence-corrected chi connectivity index (χ0v) is 8.87. The number of hydrogen-bond acceptors (Lipinski definition) is 6. The van der Waals surface area contributed by atoms with Crippen LogP contribution in [0.4, 0.5) is 5.82 Å². The van der Waals surface area contributed by atoms with Gasteiger partial charge in [0.2, 0.25) is 0 Å². The molecule has 0 aliphatic heterocycles. The van der Waals surface area contributed by atoms with Crippen molar-refractivity contribution in [3.05, 3.63) is 12.7 Å². The number of hydrogen-bond donors (Lipinski definition) is 2. The molecule has 16 heavy (non-hydrogen) atoms. The summed E-state index contributed by atoms with van der Waals surface area (Å²) in [5, 5.41) is 9.60. The molecule has 0 saturated carbocycles. The van der Waals surface area contributed by atoms with Crippen LogP contribution in [0.2, 0.25) is 0 Å². The van der Waals surface area contributed by atoms with E-state index < -0.39 is 6.10 Å². The van der Waals surface area contributed by atoms with E-state index in [4.69, 9.17) is 10.5 Å². The zero-order chi connectivity index (χ0) is 11.5. The van der Waals surface area contributed by atoms with E-state index in [2.05, 4.69) is 15.0 Å². The van der Waals surface area contributed by atoms with Crippen LogP contribution in [-0.2, 0) is 11.3 Å². The van der Waals surface area contributed by atoms with Crippen molar-refractivity contribution in [3.63, 3.8) is 0 Å². The monoisotopic (exact) mass is 223 g/mol. The summed E-state index contributed by atoms with van der Waals surface area (Å²) < 4.78 is 6.57. The lowest BCUT2D eigenvalue weighted by Gasteiger charge is -2.10. The van der Waals surface area contributed by atoms with Gasteiger partial charge in [-0.05, 0) is 0 Å². The average Bonchev–Trinajstić information content (AvgIpc) is 2.64. The molecule has 7 heteroatoms. The van der Waals surface area contributed by atoms with Gasteiger partial charge in [0.25, 0.3) is 0 Å². The summed E-state index contributed by atoms with van der Waals surface area (Å²) >= 11 is 0. The number of ether oxygens (including phenoxy) is 1. The molecule has 2 rings (SSSR count). The van der Waals surface area contributed by atoms with Gasteiger partial charge in [-0.25, -0.2) is 15.0 Å². The summed E-state index contributed by atoms with van der Waals surface area (Å²) in [5.41, 5.74) is 6.81. The van der Waals surface area contributed by atoms with Crippen molar-refractivity contribution in [3.8, 4) is 0 Å². The first-order chi connectivity index (χ1) is 7.72. The number of fused-ring (bicyclic) bond motifs is 1. The number of imidazole rings is 1. The lowest BCUT2D eigenvalue weighted by Crippen LogP contribution is -2.20. The Morgan fingerprint density at radius 3 is 3.06 bits per heavy atom. The van der Waals surface area contributed by atoms with Gasteiger partial charge in [0.1, 0.15) is 11.8 Å². The van der Waals surface area contributed by atoms with Crippen molar-refractivity contribution >= 4 is 17.0 Å². The molecule has 2 aromatic rings. The Labute approximate surface area is 91.9 Å². The van der Waals surface area contributed by atoms with E-state index in [1.165, 1.54) is 13.4 Å². The van der Waals surface area contributed by atoms with Crippen LogP contribution in [0.25, 0.3) is 11.2 Å². The molecule has 0 radical (unpaired) electrons. The number of nitrogens with zero attached hydrogens (tertiary/aromatic N) is 4. The molecule has 0 spiro atoms. The van der Waals surface area contributed by atoms with Gasteiger partial charge in [0.05, 0.1) is 25.6 Å². The molecule has 86 valence electrons. The van der Waals surface area contributed by atoms with E-state index in [1.54, 1.807) is 10.9 Å². The predicted molar refractivity (Wildman–Crippen MR) is 57.6 cm³/mol. The summed E-state index contributed by atoms with van der Waals surface area (Å²) in [6.45, 7) is 0.626. The lowest BCUT2D eigenvalue weighted by molar-refractivity contribution is 0.0543. The average molecular weight is 223 g/mol. The summed E-state index contributed by atoms with van der Waals surface area (Å²) in [6, 6.07) is 0. The normalized spacial score (nSPS) is 13.1. The summed E-state index contributed by atoms with van der Waals surface area (Å²) in [4.78, 5) is 12.0. The molecule has 0 fully saturated rings. The minimum Gasteiger partial charge on any atom is -0.389 e. The first-order valence-electron chi connectivity index (χ1n) is 4.80. The third kappa shape index (κ3) is 1.95. The van der Waals surface area contributed by atoms with Crippen molar-refractivity contribution in [2.45, 2.75) is 12.6 Å². The smallest absolute Gasteiger partial charge is 0.165 e. The number of anilines is 1. The standard InChI is InChI=1S/C9H13N5O2/c1-16-3-6(15)2-14-5-13-7-8(10)11-4-12-9(7)14/h4-6,15H,2-3H2,1H3,(H2,10,11,12)/t6-/m0/s1. The molecule has 0 aliphatic rings. The molecule has 0 bridgehead atoms. The third-order valence-corrected chi connectivity index (χ3v) is 2.20. The molecule has 2 aromatic heterocycles. The molecular formula is C9H13N5O2. The van der Waals surface area contributed by atoms with Crippen LogP contribution in [0.5, 0.6) is 0 Å². The van der Waals surface area contributed by atoms with Gasteiger partial charge in [0, 0.05) is 7.11 Å². The highest BCUT2D eigenvalue weighted by Gasteiger charge is 2.11. The second kappa shape index (κ2) is 4.42. The van der Waals surface area contributed by atoms with Gasteiger partial charge in [-0.3, -0.25) is 0 Å². The Bertz CT molecular complexity index is 484. The minimum absolute atomic E-state index is 0.264. The van der Waals surface area contributed by atoms with Gasteiger partial charge in [-0.15, -0.1) is 0 Å². The molecule has 0 saturated heterocycles. The van der Waals surface area contributed by atoms with Gasteiger partial charge in [0.15, 0.2) is 11.5 Å². The van der Waals surface area contributed by atoms with E-state index in [-0.39, 0.29) is 6.61 Å². The first-order valence-corrected chi connectivity index (χ1v) is 4.80. The zero-order valence-electron chi connectivity index (χ0n) is 8.87. The van der Waals surface area contributed by atoms with Crippen LogP contribution in [-0.4, -0.2) is 44.4 Å². The number of aromatic nitrogens is 4. The van der Waals surface area contributed by atoms with Crippen LogP contribution in [0, 0.1) is 0 Å². The SMILES string of the molecule is COC[C@@H](O)Cn1cnc2c(N)ncnc21. The molecule has 1 atom stereocenters. The van der Waals surface area contributed by atoms with Crippen LogP contribution >= 0.6 is 0 Å². The van der Waals surface area contributed by atoms with E-state index in [9.17, 15) is 5.11 Å².